The van der Waals surface area contributed by atoms with Crippen LogP contribution in [0.2, 0.25) is 0 Å². The molecule has 0 radical (unpaired) electrons. The Balaban J connectivity index is 0.000000388. The summed E-state index contributed by atoms with van der Waals surface area (Å²) >= 11 is 6.12. The van der Waals surface area contributed by atoms with Crippen molar-refractivity contribution in [2.45, 2.75) is 7.43 Å². The average Bonchev–Trinajstić information content (AvgIpc) is 3.06. The predicted octanol–water partition coefficient (Wildman–Crippen LogP) is 4.51. The van der Waals surface area contributed by atoms with Crippen molar-refractivity contribution in [1.29, 1.82) is 0 Å². The van der Waals surface area contributed by atoms with E-state index in [0.29, 0.717) is 28.9 Å². The number of phenolic OH excluding ortho intramolecular Hbond substituents is 2. The van der Waals surface area contributed by atoms with E-state index in [1.807, 2.05) is 0 Å². The van der Waals surface area contributed by atoms with E-state index in [9.17, 15) is 9.59 Å². The van der Waals surface area contributed by atoms with E-state index in [0.717, 1.165) is 10.5 Å². The van der Waals surface area contributed by atoms with Crippen molar-refractivity contribution < 1.29 is 29.3 Å². The Bertz CT molecular complexity index is 691. The summed E-state index contributed by atoms with van der Waals surface area (Å²) in [7, 11) is 0. The maximum atomic E-state index is 10.3. The highest BCUT2D eigenvalue weighted by atomic mass is 79.9. The smallest absolute Gasteiger partial charge is 0.231 e. The van der Waals surface area contributed by atoms with Gasteiger partial charge in [-0.3, -0.25) is 9.59 Å². The van der Waals surface area contributed by atoms with Gasteiger partial charge >= 0.3 is 0 Å². The van der Waals surface area contributed by atoms with Gasteiger partial charge in [0, 0.05) is 11.1 Å². The zero-order valence-electron chi connectivity index (χ0n) is 12.3. The van der Waals surface area contributed by atoms with Crippen LogP contribution in [-0.2, 0) is 0 Å². The molecule has 2 N–H and O–H groups in total. The molecule has 0 unspecified atom stereocenters. The molecule has 0 fully saturated rings. The Morgan fingerprint density at radius 1 is 0.880 bits per heavy atom. The number of carbonyl (C=O) groups excluding carboxylic acids is 2. The molecule has 1 heterocycles. The van der Waals surface area contributed by atoms with Gasteiger partial charge in [-0.25, -0.2) is 0 Å². The number of hydrogen-bond donors (Lipinski definition) is 2. The average molecular weight is 478 g/mol. The Morgan fingerprint density at radius 2 is 1.40 bits per heavy atom. The van der Waals surface area contributed by atoms with Crippen molar-refractivity contribution in [3.8, 4) is 23.0 Å². The van der Waals surface area contributed by atoms with Gasteiger partial charge in [-0.05, 0) is 36.4 Å². The first-order valence-corrected chi connectivity index (χ1v) is 8.74. The molecular weight excluding hydrogens is 460 g/mol. The minimum absolute atomic E-state index is 0. The summed E-state index contributed by atoms with van der Waals surface area (Å²) in [5.74, 6) is 0.861. The third kappa shape index (κ3) is 7.57. The molecule has 136 valence electrons. The summed E-state index contributed by atoms with van der Waals surface area (Å²) in [4.78, 5) is 20.4. The van der Waals surface area contributed by atoms with Crippen molar-refractivity contribution in [1.82, 2.24) is 0 Å². The summed E-state index contributed by atoms with van der Waals surface area (Å²) in [6.07, 6.45) is 1.38. The molecule has 0 saturated heterocycles. The van der Waals surface area contributed by atoms with Crippen LogP contribution in [-0.4, -0.2) is 33.8 Å². The molecule has 0 atom stereocenters. The van der Waals surface area contributed by atoms with Crippen molar-refractivity contribution in [2.75, 3.05) is 11.0 Å². The van der Waals surface area contributed by atoms with Crippen LogP contribution in [0.3, 0.4) is 0 Å². The van der Waals surface area contributed by atoms with Gasteiger partial charge in [-0.2, -0.15) is 0 Å². The van der Waals surface area contributed by atoms with Gasteiger partial charge in [0.15, 0.2) is 23.0 Å². The zero-order valence-corrected chi connectivity index (χ0v) is 15.5. The molecule has 25 heavy (non-hydrogen) atoms. The lowest BCUT2D eigenvalue weighted by molar-refractivity contribution is 0.111. The fourth-order valence-electron chi connectivity index (χ4n) is 1.60. The summed E-state index contributed by atoms with van der Waals surface area (Å²) in [6.45, 7) is 0.248. The molecule has 0 aliphatic carbocycles. The SMILES string of the molecule is BrCBr.C.O=Cc1ccc(O)c(O)c1.O=Cc1ccc2c(c1)OCO2. The lowest BCUT2D eigenvalue weighted by Crippen LogP contribution is -1.92. The Kier molecular flexibility index (Phi) is 11.3. The van der Waals surface area contributed by atoms with E-state index in [-0.39, 0.29) is 25.7 Å². The quantitative estimate of drug-likeness (QED) is 0.375. The highest BCUT2D eigenvalue weighted by Crippen LogP contribution is 2.31. The number of fused-ring (bicyclic) bond motifs is 1. The van der Waals surface area contributed by atoms with Crippen molar-refractivity contribution in [2.24, 2.45) is 0 Å². The van der Waals surface area contributed by atoms with Crippen LogP contribution < -0.4 is 9.47 Å². The third-order valence-electron chi connectivity index (χ3n) is 2.67. The number of rotatable bonds is 2. The minimum Gasteiger partial charge on any atom is -0.504 e. The number of carbonyl (C=O) groups is 2. The fourth-order valence-corrected chi connectivity index (χ4v) is 1.60. The molecule has 2 aromatic carbocycles. The molecular formula is C17H18Br2O6. The van der Waals surface area contributed by atoms with E-state index in [1.165, 1.54) is 18.2 Å². The third-order valence-corrected chi connectivity index (χ3v) is 2.67. The van der Waals surface area contributed by atoms with Crippen molar-refractivity contribution >= 4 is 44.4 Å². The van der Waals surface area contributed by atoms with Gasteiger partial charge in [0.1, 0.15) is 12.6 Å². The van der Waals surface area contributed by atoms with Gasteiger partial charge in [-0.15, -0.1) is 0 Å². The van der Waals surface area contributed by atoms with Crippen LogP contribution in [0, 0.1) is 0 Å². The minimum atomic E-state index is -0.274. The summed E-state index contributed by atoms with van der Waals surface area (Å²) < 4.78 is 11.0. The normalized spacial score (nSPS) is 10.2. The second-order valence-corrected chi connectivity index (χ2v) is 6.82. The zero-order chi connectivity index (χ0) is 17.9. The second kappa shape index (κ2) is 12.3. The maximum Gasteiger partial charge on any atom is 0.231 e. The largest absolute Gasteiger partial charge is 0.504 e. The van der Waals surface area contributed by atoms with Gasteiger partial charge in [0.2, 0.25) is 6.79 Å². The number of benzene rings is 2. The van der Waals surface area contributed by atoms with Crippen LogP contribution in [0.15, 0.2) is 36.4 Å². The topological polar surface area (TPSA) is 93.1 Å². The van der Waals surface area contributed by atoms with E-state index < -0.39 is 0 Å². The molecule has 0 bridgehead atoms. The van der Waals surface area contributed by atoms with Gasteiger partial charge in [0.05, 0.1) is 4.24 Å². The van der Waals surface area contributed by atoms with E-state index >= 15 is 0 Å². The van der Waals surface area contributed by atoms with Crippen LogP contribution in [0.1, 0.15) is 28.1 Å². The van der Waals surface area contributed by atoms with Gasteiger partial charge in [0.25, 0.3) is 0 Å². The Labute approximate surface area is 162 Å². The van der Waals surface area contributed by atoms with E-state index in [1.54, 1.807) is 18.2 Å². The van der Waals surface area contributed by atoms with Crippen LogP contribution in [0.5, 0.6) is 23.0 Å². The van der Waals surface area contributed by atoms with Crippen LogP contribution in [0.25, 0.3) is 0 Å². The van der Waals surface area contributed by atoms with Crippen LogP contribution in [0.4, 0.5) is 0 Å². The number of hydrogen-bond acceptors (Lipinski definition) is 6. The summed E-state index contributed by atoms with van der Waals surface area (Å²) in [5.41, 5.74) is 0.949. The summed E-state index contributed by atoms with van der Waals surface area (Å²) in [6, 6.07) is 8.96. The standard InChI is InChI=1S/C8H6O3.C7H6O3.CH2Br2.CH4/c9-4-6-1-2-7-8(3-6)11-5-10-7;8-4-5-1-2-6(9)7(10)3-5;2-1-3;/h1-4H,5H2;1-4,9-10H;1H2;1H4. The number of alkyl halides is 2. The fraction of sp³-hybridized carbons (Fsp3) is 0.176. The maximum absolute atomic E-state index is 10.3. The van der Waals surface area contributed by atoms with E-state index in [4.69, 9.17) is 19.7 Å². The molecule has 0 aromatic heterocycles. The summed E-state index contributed by atoms with van der Waals surface area (Å²) in [5, 5.41) is 17.6. The number of aromatic hydroxyl groups is 2. The van der Waals surface area contributed by atoms with Crippen molar-refractivity contribution in [3.63, 3.8) is 0 Å². The van der Waals surface area contributed by atoms with Gasteiger partial charge < -0.3 is 19.7 Å². The first kappa shape index (κ1) is 22.9. The number of phenols is 2. The monoisotopic (exact) mass is 476 g/mol. The Hall–Kier alpha value is -2.06. The van der Waals surface area contributed by atoms with Gasteiger partial charge in [-0.1, -0.05) is 39.3 Å². The van der Waals surface area contributed by atoms with Crippen molar-refractivity contribution in [3.05, 3.63) is 47.5 Å². The molecule has 1 aliphatic rings. The lowest BCUT2D eigenvalue weighted by atomic mass is 10.2. The molecule has 1 aliphatic heterocycles. The first-order valence-electron chi connectivity index (χ1n) is 6.49. The molecule has 6 nitrogen and oxygen atoms in total. The number of ether oxygens (including phenoxy) is 2. The number of aldehydes is 2. The second-order valence-electron chi connectivity index (χ2n) is 4.20. The van der Waals surface area contributed by atoms with Crippen LogP contribution >= 0.6 is 31.9 Å². The molecule has 3 rings (SSSR count). The molecule has 0 spiro atoms. The molecule has 8 heteroatoms. The molecule has 2 aromatic rings. The predicted molar refractivity (Wildman–Crippen MR) is 103 cm³/mol. The highest BCUT2D eigenvalue weighted by molar-refractivity contribution is 9.24. The van der Waals surface area contributed by atoms with E-state index in [2.05, 4.69) is 31.9 Å². The lowest BCUT2D eigenvalue weighted by Gasteiger charge is -1.95. The Morgan fingerprint density at radius 3 is 1.96 bits per heavy atom. The molecule has 0 amide bonds. The molecule has 0 saturated carbocycles. The first-order chi connectivity index (χ1) is 11.5. The highest BCUT2D eigenvalue weighted by Gasteiger charge is 2.12. The number of halogens is 2.